The third-order valence-electron chi connectivity index (χ3n) is 1.99. The van der Waals surface area contributed by atoms with Crippen LogP contribution >= 0.6 is 11.8 Å². The summed E-state index contributed by atoms with van der Waals surface area (Å²) in [5, 5.41) is 5.09. The van der Waals surface area contributed by atoms with Crippen molar-refractivity contribution in [1.29, 1.82) is 0 Å². The molecule has 0 radical (unpaired) electrons. The Bertz CT molecular complexity index is 415. The second-order valence-corrected chi connectivity index (χ2v) is 4.55. The zero-order valence-corrected chi connectivity index (χ0v) is 11.0. The summed E-state index contributed by atoms with van der Waals surface area (Å²) in [5.74, 6) is -0.329. The second kappa shape index (κ2) is 6.44. The summed E-state index contributed by atoms with van der Waals surface area (Å²) in [4.78, 5) is 22.5. The predicted molar refractivity (Wildman–Crippen MR) is 64.9 cm³/mol. The van der Waals surface area contributed by atoms with Gasteiger partial charge in [-0.2, -0.15) is 5.10 Å². The topological polar surface area (TPSA) is 61.2 Å². The van der Waals surface area contributed by atoms with E-state index in [2.05, 4.69) is 5.10 Å². The normalized spacial score (nSPS) is 10.3. The molecular formula is C11H16N2O3S. The molecule has 0 aliphatic heterocycles. The summed E-state index contributed by atoms with van der Waals surface area (Å²) in [6.07, 6.45) is -0.155. The molecule has 0 bridgehead atoms. The monoisotopic (exact) mass is 256 g/mol. The van der Waals surface area contributed by atoms with Crippen molar-refractivity contribution in [1.82, 2.24) is 9.78 Å². The van der Waals surface area contributed by atoms with E-state index >= 15 is 0 Å². The number of ether oxygens (including phenoxy) is 1. The van der Waals surface area contributed by atoms with Gasteiger partial charge in [-0.25, -0.2) is 0 Å². The number of esters is 1. The Balaban J connectivity index is 2.38. The molecule has 1 rings (SSSR count). The number of thioether (sulfide) groups is 1. The molecule has 0 spiro atoms. The Labute approximate surface area is 105 Å². The standard InChI is InChI=1S/C11H16N2O3S/c1-4-16-11(15)6-9(14)7-17-10-5-8(2)12-13(10)3/h5H,4,6-7H2,1-3H3. The zero-order valence-electron chi connectivity index (χ0n) is 10.2. The van der Waals surface area contributed by atoms with E-state index in [4.69, 9.17) is 4.74 Å². The Kier molecular flexibility index (Phi) is 5.21. The molecule has 0 saturated heterocycles. The van der Waals surface area contributed by atoms with Crippen LogP contribution in [0.2, 0.25) is 0 Å². The highest BCUT2D eigenvalue weighted by atomic mass is 32.2. The van der Waals surface area contributed by atoms with Gasteiger partial charge in [0.05, 0.1) is 23.1 Å². The largest absolute Gasteiger partial charge is 0.466 e. The molecule has 1 aromatic rings. The molecule has 94 valence electrons. The molecule has 1 heterocycles. The fourth-order valence-electron chi connectivity index (χ4n) is 1.30. The van der Waals surface area contributed by atoms with Crippen LogP contribution in [0.25, 0.3) is 0 Å². The van der Waals surface area contributed by atoms with Crippen LogP contribution in [0.1, 0.15) is 19.0 Å². The molecule has 0 aliphatic carbocycles. The van der Waals surface area contributed by atoms with Crippen LogP contribution in [-0.2, 0) is 21.4 Å². The van der Waals surface area contributed by atoms with Crippen LogP contribution in [0.4, 0.5) is 0 Å². The van der Waals surface area contributed by atoms with Gasteiger partial charge in [-0.3, -0.25) is 14.3 Å². The summed E-state index contributed by atoms with van der Waals surface area (Å²) >= 11 is 1.38. The summed E-state index contributed by atoms with van der Waals surface area (Å²) in [6.45, 7) is 3.92. The lowest BCUT2D eigenvalue weighted by Crippen LogP contribution is -2.12. The molecule has 0 amide bonds. The molecule has 0 aliphatic rings. The molecule has 0 atom stereocenters. The Morgan fingerprint density at radius 2 is 2.24 bits per heavy atom. The number of carbonyl (C=O) groups excluding carboxylic acids is 2. The predicted octanol–water partition coefficient (Wildman–Crippen LogP) is 1.34. The fourth-order valence-corrected chi connectivity index (χ4v) is 2.19. The minimum atomic E-state index is -0.459. The third kappa shape index (κ3) is 4.60. The van der Waals surface area contributed by atoms with Gasteiger partial charge in [0.1, 0.15) is 6.42 Å². The fraction of sp³-hybridized carbons (Fsp3) is 0.545. The summed E-state index contributed by atoms with van der Waals surface area (Å²) in [7, 11) is 1.82. The smallest absolute Gasteiger partial charge is 0.313 e. The van der Waals surface area contributed by atoms with Gasteiger partial charge < -0.3 is 4.74 Å². The summed E-state index contributed by atoms with van der Waals surface area (Å²) in [6, 6.07) is 1.91. The SMILES string of the molecule is CCOC(=O)CC(=O)CSc1cc(C)nn1C. The summed E-state index contributed by atoms with van der Waals surface area (Å²) in [5.41, 5.74) is 0.910. The van der Waals surface area contributed by atoms with Crippen LogP contribution in [-0.4, -0.2) is 33.9 Å². The molecule has 17 heavy (non-hydrogen) atoms. The minimum Gasteiger partial charge on any atom is -0.466 e. The maximum Gasteiger partial charge on any atom is 0.313 e. The Hall–Kier alpha value is -1.30. The number of hydrogen-bond acceptors (Lipinski definition) is 5. The lowest BCUT2D eigenvalue weighted by Gasteiger charge is -2.02. The van der Waals surface area contributed by atoms with Gasteiger partial charge >= 0.3 is 5.97 Å². The first-order valence-corrected chi connectivity index (χ1v) is 6.32. The molecular weight excluding hydrogens is 240 g/mol. The number of Topliss-reactive ketones (excluding diaryl/α,β-unsaturated/α-hetero) is 1. The van der Waals surface area contributed by atoms with E-state index in [0.29, 0.717) is 6.61 Å². The van der Waals surface area contributed by atoms with Gasteiger partial charge in [0.25, 0.3) is 0 Å². The van der Waals surface area contributed by atoms with Crippen molar-refractivity contribution in [2.45, 2.75) is 25.3 Å². The average Bonchev–Trinajstić information content (AvgIpc) is 2.54. The second-order valence-electron chi connectivity index (χ2n) is 3.56. The van der Waals surface area contributed by atoms with Crippen molar-refractivity contribution < 1.29 is 14.3 Å². The van der Waals surface area contributed by atoms with E-state index in [-0.39, 0.29) is 18.0 Å². The first kappa shape index (κ1) is 13.8. The number of hydrogen-bond donors (Lipinski definition) is 0. The molecule has 0 N–H and O–H groups in total. The van der Waals surface area contributed by atoms with Crippen molar-refractivity contribution in [3.05, 3.63) is 11.8 Å². The van der Waals surface area contributed by atoms with Gasteiger partial charge in [-0.1, -0.05) is 11.8 Å². The minimum absolute atomic E-state index is 0.132. The van der Waals surface area contributed by atoms with E-state index in [1.54, 1.807) is 11.6 Å². The van der Waals surface area contributed by atoms with Crippen molar-refractivity contribution in [3.8, 4) is 0 Å². The maximum absolute atomic E-state index is 11.5. The lowest BCUT2D eigenvalue weighted by atomic mass is 10.3. The van der Waals surface area contributed by atoms with Gasteiger partial charge in [0.2, 0.25) is 0 Å². The highest BCUT2D eigenvalue weighted by Gasteiger charge is 2.12. The highest BCUT2D eigenvalue weighted by Crippen LogP contribution is 2.18. The van der Waals surface area contributed by atoms with E-state index in [0.717, 1.165) is 10.7 Å². The Morgan fingerprint density at radius 1 is 1.53 bits per heavy atom. The number of nitrogens with zero attached hydrogens (tertiary/aromatic N) is 2. The van der Waals surface area contributed by atoms with Crippen molar-refractivity contribution in [2.24, 2.45) is 7.05 Å². The van der Waals surface area contributed by atoms with E-state index < -0.39 is 5.97 Å². The van der Waals surface area contributed by atoms with Crippen LogP contribution in [0.5, 0.6) is 0 Å². The lowest BCUT2D eigenvalue weighted by molar-refractivity contribution is -0.145. The van der Waals surface area contributed by atoms with Crippen molar-refractivity contribution in [2.75, 3.05) is 12.4 Å². The van der Waals surface area contributed by atoms with Gasteiger partial charge in [0, 0.05) is 7.05 Å². The molecule has 0 fully saturated rings. The van der Waals surface area contributed by atoms with E-state index in [9.17, 15) is 9.59 Å². The number of ketones is 1. The van der Waals surface area contributed by atoms with Gasteiger partial charge in [-0.15, -0.1) is 0 Å². The van der Waals surface area contributed by atoms with Crippen molar-refractivity contribution in [3.63, 3.8) is 0 Å². The third-order valence-corrected chi connectivity index (χ3v) is 3.13. The molecule has 5 nitrogen and oxygen atoms in total. The zero-order chi connectivity index (χ0) is 12.8. The van der Waals surface area contributed by atoms with Gasteiger partial charge in [-0.05, 0) is 19.9 Å². The number of aromatic nitrogens is 2. The van der Waals surface area contributed by atoms with Crippen molar-refractivity contribution >= 4 is 23.5 Å². The molecule has 0 aromatic carbocycles. The van der Waals surface area contributed by atoms with Gasteiger partial charge in [0.15, 0.2) is 5.78 Å². The first-order chi connectivity index (χ1) is 8.02. The summed E-state index contributed by atoms with van der Waals surface area (Å²) < 4.78 is 6.43. The molecule has 0 saturated carbocycles. The van der Waals surface area contributed by atoms with Crippen LogP contribution in [0, 0.1) is 6.92 Å². The van der Waals surface area contributed by atoms with E-state index in [1.807, 2.05) is 20.0 Å². The van der Waals surface area contributed by atoms with E-state index in [1.165, 1.54) is 11.8 Å². The first-order valence-electron chi connectivity index (χ1n) is 5.33. The number of rotatable bonds is 6. The van der Waals surface area contributed by atoms with Crippen LogP contribution in [0.15, 0.2) is 11.1 Å². The van der Waals surface area contributed by atoms with Crippen LogP contribution in [0.3, 0.4) is 0 Å². The maximum atomic E-state index is 11.5. The Morgan fingerprint density at radius 3 is 2.76 bits per heavy atom. The molecule has 6 heteroatoms. The molecule has 1 aromatic heterocycles. The quantitative estimate of drug-likeness (QED) is 0.437. The number of carbonyl (C=O) groups is 2. The number of aryl methyl sites for hydroxylation is 2. The van der Waals surface area contributed by atoms with Crippen LogP contribution < -0.4 is 0 Å². The average molecular weight is 256 g/mol. The molecule has 0 unspecified atom stereocenters. The highest BCUT2D eigenvalue weighted by molar-refractivity contribution is 7.99.